The van der Waals surface area contributed by atoms with Gasteiger partial charge in [0.15, 0.2) is 5.78 Å². The monoisotopic (exact) mass is 169 g/mol. The Morgan fingerprint density at radius 1 is 1.50 bits per heavy atom. The maximum atomic E-state index is 11.5. The van der Waals surface area contributed by atoms with Gasteiger partial charge < -0.3 is 5.32 Å². The van der Waals surface area contributed by atoms with Gasteiger partial charge >= 0.3 is 0 Å². The zero-order valence-corrected chi connectivity index (χ0v) is 8.53. The van der Waals surface area contributed by atoms with Gasteiger partial charge in [0.05, 0.1) is 5.54 Å². The molecular weight excluding hydrogens is 150 g/mol. The summed E-state index contributed by atoms with van der Waals surface area (Å²) in [6.07, 6.45) is 1.37. The highest BCUT2D eigenvalue weighted by molar-refractivity contribution is 5.89. The van der Waals surface area contributed by atoms with Gasteiger partial charge in [-0.15, -0.1) is 0 Å². The standard InChI is InChI=1S/C10H19NO/c1-6-8(2)7-9(12)10(3,4)11-5/h11H,2,6-7H2,1,3-5H3. The van der Waals surface area contributed by atoms with Gasteiger partial charge in [-0.1, -0.05) is 19.1 Å². The molecule has 0 aliphatic heterocycles. The Hall–Kier alpha value is -0.630. The number of allylic oxidation sites excluding steroid dienone is 1. The summed E-state index contributed by atoms with van der Waals surface area (Å²) in [4.78, 5) is 11.5. The first-order valence-corrected chi connectivity index (χ1v) is 4.33. The van der Waals surface area contributed by atoms with Crippen molar-refractivity contribution >= 4 is 5.78 Å². The average molecular weight is 169 g/mol. The van der Waals surface area contributed by atoms with E-state index < -0.39 is 5.54 Å². The second-order valence-corrected chi connectivity index (χ2v) is 3.58. The van der Waals surface area contributed by atoms with Gasteiger partial charge in [0, 0.05) is 6.42 Å². The first kappa shape index (κ1) is 11.4. The minimum Gasteiger partial charge on any atom is -0.308 e. The molecule has 2 nitrogen and oxygen atoms in total. The van der Waals surface area contributed by atoms with Crippen LogP contribution in [0.1, 0.15) is 33.6 Å². The van der Waals surface area contributed by atoms with Crippen LogP contribution in [0.4, 0.5) is 0 Å². The molecule has 0 aromatic rings. The van der Waals surface area contributed by atoms with Gasteiger partial charge in [-0.05, 0) is 27.3 Å². The lowest BCUT2D eigenvalue weighted by Gasteiger charge is -2.22. The molecule has 2 heteroatoms. The highest BCUT2D eigenvalue weighted by Crippen LogP contribution is 2.12. The molecule has 0 aliphatic rings. The number of hydrogen-bond donors (Lipinski definition) is 1. The lowest BCUT2D eigenvalue weighted by Crippen LogP contribution is -2.44. The Kier molecular flexibility index (Phi) is 4.18. The first-order chi connectivity index (χ1) is 5.44. The fraction of sp³-hybridized carbons (Fsp3) is 0.700. The topological polar surface area (TPSA) is 29.1 Å². The fourth-order valence-electron chi connectivity index (χ4n) is 0.712. The molecule has 0 spiro atoms. The summed E-state index contributed by atoms with van der Waals surface area (Å²) in [7, 11) is 1.80. The van der Waals surface area contributed by atoms with E-state index in [1.807, 2.05) is 20.8 Å². The van der Waals surface area contributed by atoms with Crippen molar-refractivity contribution in [2.75, 3.05) is 7.05 Å². The van der Waals surface area contributed by atoms with Crippen molar-refractivity contribution in [2.24, 2.45) is 0 Å². The van der Waals surface area contributed by atoms with Crippen LogP contribution in [0.5, 0.6) is 0 Å². The van der Waals surface area contributed by atoms with Crippen molar-refractivity contribution in [1.82, 2.24) is 5.32 Å². The van der Waals surface area contributed by atoms with E-state index in [0.717, 1.165) is 12.0 Å². The Morgan fingerprint density at radius 3 is 2.33 bits per heavy atom. The number of Topliss-reactive ketones (excluding diaryl/α,β-unsaturated/α-hetero) is 1. The van der Waals surface area contributed by atoms with Crippen molar-refractivity contribution in [3.63, 3.8) is 0 Å². The molecular formula is C10H19NO. The molecule has 0 amide bonds. The summed E-state index contributed by atoms with van der Waals surface area (Å²) in [6, 6.07) is 0. The van der Waals surface area contributed by atoms with Gasteiger partial charge in [0.1, 0.15) is 0 Å². The van der Waals surface area contributed by atoms with E-state index in [2.05, 4.69) is 11.9 Å². The molecule has 0 bridgehead atoms. The molecule has 0 rings (SSSR count). The Balaban J connectivity index is 4.13. The first-order valence-electron chi connectivity index (χ1n) is 4.33. The smallest absolute Gasteiger partial charge is 0.156 e. The molecule has 12 heavy (non-hydrogen) atoms. The zero-order valence-electron chi connectivity index (χ0n) is 8.53. The van der Waals surface area contributed by atoms with Crippen LogP contribution in [-0.4, -0.2) is 18.4 Å². The van der Waals surface area contributed by atoms with Gasteiger partial charge in [0.2, 0.25) is 0 Å². The minimum atomic E-state index is -0.419. The maximum absolute atomic E-state index is 11.5. The third-order valence-electron chi connectivity index (χ3n) is 2.23. The summed E-state index contributed by atoms with van der Waals surface area (Å²) >= 11 is 0. The van der Waals surface area contributed by atoms with Crippen LogP contribution in [0.3, 0.4) is 0 Å². The molecule has 0 radical (unpaired) electrons. The zero-order chi connectivity index (χ0) is 9.78. The lowest BCUT2D eigenvalue weighted by molar-refractivity contribution is -0.123. The highest BCUT2D eigenvalue weighted by Gasteiger charge is 2.24. The van der Waals surface area contributed by atoms with Gasteiger partial charge in [0.25, 0.3) is 0 Å². The SMILES string of the molecule is C=C(CC)CC(=O)C(C)(C)NC. The molecule has 0 heterocycles. The molecule has 0 saturated carbocycles. The minimum absolute atomic E-state index is 0.205. The summed E-state index contributed by atoms with van der Waals surface area (Å²) in [5.74, 6) is 0.205. The Morgan fingerprint density at radius 2 is 2.00 bits per heavy atom. The van der Waals surface area contributed by atoms with E-state index in [-0.39, 0.29) is 5.78 Å². The van der Waals surface area contributed by atoms with E-state index in [0.29, 0.717) is 6.42 Å². The second kappa shape index (κ2) is 4.41. The van der Waals surface area contributed by atoms with Crippen molar-refractivity contribution < 1.29 is 4.79 Å². The predicted molar refractivity (Wildman–Crippen MR) is 52.2 cm³/mol. The summed E-state index contributed by atoms with van der Waals surface area (Å²) < 4.78 is 0. The fourth-order valence-corrected chi connectivity index (χ4v) is 0.712. The molecule has 0 unspecified atom stereocenters. The number of hydrogen-bond acceptors (Lipinski definition) is 2. The van der Waals surface area contributed by atoms with Crippen molar-refractivity contribution in [1.29, 1.82) is 0 Å². The number of rotatable bonds is 5. The van der Waals surface area contributed by atoms with Gasteiger partial charge in [-0.2, -0.15) is 0 Å². The van der Waals surface area contributed by atoms with Crippen LogP contribution in [0.25, 0.3) is 0 Å². The van der Waals surface area contributed by atoms with Crippen molar-refractivity contribution in [2.45, 2.75) is 39.2 Å². The number of carbonyl (C=O) groups excluding carboxylic acids is 1. The van der Waals surface area contributed by atoms with E-state index in [4.69, 9.17) is 0 Å². The van der Waals surface area contributed by atoms with Crippen LogP contribution >= 0.6 is 0 Å². The largest absolute Gasteiger partial charge is 0.308 e. The number of ketones is 1. The summed E-state index contributed by atoms with van der Waals surface area (Å²) in [5, 5.41) is 2.98. The number of likely N-dealkylation sites (N-methyl/N-ethyl adjacent to an activating group) is 1. The Labute approximate surface area is 75.0 Å². The van der Waals surface area contributed by atoms with Crippen LogP contribution in [0, 0.1) is 0 Å². The van der Waals surface area contributed by atoms with E-state index >= 15 is 0 Å². The van der Waals surface area contributed by atoms with E-state index in [1.54, 1.807) is 7.05 Å². The molecule has 0 atom stereocenters. The van der Waals surface area contributed by atoms with Crippen molar-refractivity contribution in [3.8, 4) is 0 Å². The quantitative estimate of drug-likeness (QED) is 0.637. The van der Waals surface area contributed by atoms with Gasteiger partial charge in [-0.3, -0.25) is 4.79 Å². The third kappa shape index (κ3) is 3.18. The highest BCUT2D eigenvalue weighted by atomic mass is 16.1. The lowest BCUT2D eigenvalue weighted by atomic mass is 9.93. The van der Waals surface area contributed by atoms with E-state index in [1.165, 1.54) is 0 Å². The molecule has 0 aromatic carbocycles. The Bertz CT molecular complexity index is 182. The number of nitrogens with one attached hydrogen (secondary N) is 1. The average Bonchev–Trinajstić information content (AvgIpc) is 2.04. The molecule has 70 valence electrons. The summed E-state index contributed by atoms with van der Waals surface area (Å²) in [6.45, 7) is 9.60. The second-order valence-electron chi connectivity index (χ2n) is 3.58. The molecule has 0 aromatic heterocycles. The summed E-state index contributed by atoms with van der Waals surface area (Å²) in [5.41, 5.74) is 0.585. The molecule has 1 N–H and O–H groups in total. The van der Waals surface area contributed by atoms with Crippen LogP contribution in [0.15, 0.2) is 12.2 Å². The molecule has 0 aliphatic carbocycles. The number of carbonyl (C=O) groups is 1. The van der Waals surface area contributed by atoms with Crippen LogP contribution in [-0.2, 0) is 4.79 Å². The molecule has 0 fully saturated rings. The van der Waals surface area contributed by atoms with E-state index in [9.17, 15) is 4.79 Å². The predicted octanol–water partition coefficient (Wildman–Crippen LogP) is 1.91. The molecule has 0 saturated heterocycles. The van der Waals surface area contributed by atoms with Crippen LogP contribution < -0.4 is 5.32 Å². The third-order valence-corrected chi connectivity index (χ3v) is 2.23. The van der Waals surface area contributed by atoms with Crippen LogP contribution in [0.2, 0.25) is 0 Å². The normalized spacial score (nSPS) is 11.3. The maximum Gasteiger partial charge on any atom is 0.156 e. The van der Waals surface area contributed by atoms with Crippen molar-refractivity contribution in [3.05, 3.63) is 12.2 Å². The van der Waals surface area contributed by atoms with Gasteiger partial charge in [-0.25, -0.2) is 0 Å².